The third kappa shape index (κ3) is 6.12. The highest BCUT2D eigenvalue weighted by Crippen LogP contribution is 2.28. The lowest BCUT2D eigenvalue weighted by molar-refractivity contribution is 0.0956. The molecule has 6 nitrogen and oxygen atoms in total. The number of thioether (sulfide) groups is 1. The van der Waals surface area contributed by atoms with Crippen molar-refractivity contribution < 1.29 is 4.79 Å². The minimum Gasteiger partial charge on any atom is -0.354 e. The number of likely N-dealkylation sites (N-methyl/N-ethyl adjacent to an activating group) is 1. The van der Waals surface area contributed by atoms with Crippen LogP contribution in [0.4, 0.5) is 5.82 Å². The van der Waals surface area contributed by atoms with Gasteiger partial charge in [-0.3, -0.25) is 4.79 Å². The smallest absolute Gasteiger partial charge is 0.251 e. The molecule has 1 aromatic heterocycles. The van der Waals surface area contributed by atoms with Crippen LogP contribution in [0.3, 0.4) is 0 Å². The predicted octanol–water partition coefficient (Wildman–Crippen LogP) is 4.33. The number of aromatic nitrogens is 2. The molecule has 2 heterocycles. The van der Waals surface area contributed by atoms with Crippen LogP contribution in [0.15, 0.2) is 65.8 Å². The number of nitrogens with zero attached hydrogens (tertiary/aromatic N) is 4. The van der Waals surface area contributed by atoms with Gasteiger partial charge in [-0.15, -0.1) is 0 Å². The van der Waals surface area contributed by atoms with E-state index in [-0.39, 0.29) is 5.91 Å². The molecule has 0 aliphatic carbocycles. The average molecular weight is 462 g/mol. The number of piperazine rings is 1. The fraction of sp³-hybridized carbons (Fsp3) is 0.346. The third-order valence-corrected chi connectivity index (χ3v) is 6.74. The van der Waals surface area contributed by atoms with Gasteiger partial charge in [-0.25, -0.2) is 9.97 Å². The minimum atomic E-state index is -0.0385. The largest absolute Gasteiger partial charge is 0.354 e. The summed E-state index contributed by atoms with van der Waals surface area (Å²) in [6, 6.07) is 20.2. The lowest BCUT2D eigenvalue weighted by Crippen LogP contribution is -2.46. The van der Waals surface area contributed by atoms with Gasteiger partial charge in [-0.1, -0.05) is 61.2 Å². The van der Waals surface area contributed by atoms with Crippen LogP contribution < -0.4 is 10.2 Å². The van der Waals surface area contributed by atoms with Gasteiger partial charge < -0.3 is 15.1 Å². The zero-order valence-electron chi connectivity index (χ0n) is 19.3. The van der Waals surface area contributed by atoms with E-state index in [4.69, 9.17) is 9.97 Å². The molecule has 33 heavy (non-hydrogen) atoms. The first kappa shape index (κ1) is 23.3. The van der Waals surface area contributed by atoms with E-state index in [9.17, 15) is 4.79 Å². The highest BCUT2D eigenvalue weighted by Gasteiger charge is 2.19. The molecule has 1 saturated heterocycles. The fourth-order valence-corrected chi connectivity index (χ4v) is 4.66. The van der Waals surface area contributed by atoms with Crippen LogP contribution in [0.5, 0.6) is 0 Å². The zero-order chi connectivity index (χ0) is 23.0. The van der Waals surface area contributed by atoms with Crippen LogP contribution in [0.25, 0.3) is 11.3 Å². The molecule has 4 rings (SSSR count). The lowest BCUT2D eigenvalue weighted by atomic mass is 10.1. The first-order valence-electron chi connectivity index (χ1n) is 11.6. The summed E-state index contributed by atoms with van der Waals surface area (Å²) in [7, 11) is 0. The van der Waals surface area contributed by atoms with Crippen LogP contribution >= 0.6 is 11.8 Å². The van der Waals surface area contributed by atoms with E-state index in [0.717, 1.165) is 66.3 Å². The first-order valence-corrected chi connectivity index (χ1v) is 12.6. The molecule has 0 atom stereocenters. The Morgan fingerprint density at radius 2 is 1.70 bits per heavy atom. The zero-order valence-corrected chi connectivity index (χ0v) is 20.1. The molecule has 172 valence electrons. The number of carbonyl (C=O) groups is 1. The van der Waals surface area contributed by atoms with E-state index in [2.05, 4.69) is 40.2 Å². The minimum absolute atomic E-state index is 0.0385. The van der Waals surface area contributed by atoms with Gasteiger partial charge in [-0.05, 0) is 31.2 Å². The Morgan fingerprint density at radius 1 is 0.970 bits per heavy atom. The molecular weight excluding hydrogens is 430 g/mol. The van der Waals surface area contributed by atoms with Crippen molar-refractivity contribution in [2.45, 2.75) is 24.8 Å². The van der Waals surface area contributed by atoms with Crippen LogP contribution in [0.2, 0.25) is 0 Å². The molecule has 0 unspecified atom stereocenters. The van der Waals surface area contributed by atoms with Crippen LogP contribution in [0.1, 0.15) is 29.8 Å². The summed E-state index contributed by atoms with van der Waals surface area (Å²) in [5, 5.41) is 3.61. The molecule has 1 N–H and O–H groups in total. The second kappa shape index (κ2) is 11.3. The van der Waals surface area contributed by atoms with Crippen molar-refractivity contribution in [2.75, 3.05) is 44.2 Å². The molecule has 0 bridgehead atoms. The molecule has 0 radical (unpaired) electrons. The molecule has 0 spiro atoms. The van der Waals surface area contributed by atoms with Gasteiger partial charge in [0.25, 0.3) is 5.91 Å². The van der Waals surface area contributed by atoms with Gasteiger partial charge in [0.15, 0.2) is 5.16 Å². The van der Waals surface area contributed by atoms with Crippen LogP contribution in [0, 0.1) is 0 Å². The number of rotatable bonds is 8. The molecular formula is C26H31N5OS. The van der Waals surface area contributed by atoms with Crippen LogP contribution in [-0.4, -0.2) is 60.0 Å². The van der Waals surface area contributed by atoms with E-state index in [1.165, 1.54) is 0 Å². The van der Waals surface area contributed by atoms with E-state index < -0.39 is 0 Å². The normalized spacial score (nSPS) is 14.3. The average Bonchev–Trinajstić information content (AvgIpc) is 2.88. The molecule has 1 aliphatic rings. The Bertz CT molecular complexity index is 1050. The Morgan fingerprint density at radius 3 is 2.36 bits per heavy atom. The van der Waals surface area contributed by atoms with Crippen molar-refractivity contribution in [3.8, 4) is 11.3 Å². The van der Waals surface area contributed by atoms with Crippen molar-refractivity contribution in [1.29, 1.82) is 0 Å². The van der Waals surface area contributed by atoms with E-state index in [0.29, 0.717) is 12.1 Å². The van der Waals surface area contributed by atoms with Gasteiger partial charge in [0.05, 0.1) is 5.69 Å². The standard InChI is InChI=1S/C26H31N5OS/c1-3-27-25(32)22-12-10-20(11-13-22)19-33-26-28-23(21-8-6-5-7-9-21)18-24(29-26)31-16-14-30(4-2)15-17-31/h5-13,18H,3-4,14-17,19H2,1-2H3,(H,27,32). The second-order valence-corrected chi connectivity index (χ2v) is 8.97. The molecule has 1 fully saturated rings. The molecule has 1 amide bonds. The highest BCUT2D eigenvalue weighted by molar-refractivity contribution is 7.98. The van der Waals surface area contributed by atoms with E-state index in [1.54, 1.807) is 11.8 Å². The number of anilines is 1. The molecule has 7 heteroatoms. The summed E-state index contributed by atoms with van der Waals surface area (Å²) in [6.07, 6.45) is 0. The molecule has 3 aromatic rings. The van der Waals surface area contributed by atoms with Gasteiger partial charge in [-0.2, -0.15) is 0 Å². The maximum absolute atomic E-state index is 12.0. The van der Waals surface area contributed by atoms with Crippen molar-refractivity contribution in [2.24, 2.45) is 0 Å². The summed E-state index contributed by atoms with van der Waals surface area (Å²) in [5.41, 5.74) is 3.87. The van der Waals surface area contributed by atoms with Gasteiger partial charge in [0.2, 0.25) is 0 Å². The molecule has 2 aromatic carbocycles. The maximum atomic E-state index is 12.0. The number of hydrogen-bond donors (Lipinski definition) is 1. The van der Waals surface area contributed by atoms with Crippen molar-refractivity contribution in [3.05, 3.63) is 71.8 Å². The van der Waals surface area contributed by atoms with Crippen molar-refractivity contribution in [3.63, 3.8) is 0 Å². The Hall–Kier alpha value is -2.90. The summed E-state index contributed by atoms with van der Waals surface area (Å²) in [6.45, 7) is 9.92. The fourth-order valence-electron chi connectivity index (χ4n) is 3.85. The lowest BCUT2D eigenvalue weighted by Gasteiger charge is -2.35. The Kier molecular flexibility index (Phi) is 7.96. The number of amides is 1. The topological polar surface area (TPSA) is 61.4 Å². The molecule has 0 saturated carbocycles. The molecule has 1 aliphatic heterocycles. The van der Waals surface area contributed by atoms with E-state index >= 15 is 0 Å². The summed E-state index contributed by atoms with van der Waals surface area (Å²) < 4.78 is 0. The predicted molar refractivity (Wildman–Crippen MR) is 136 cm³/mol. The first-order chi connectivity index (χ1) is 16.2. The quantitative estimate of drug-likeness (QED) is 0.398. The Labute approximate surface area is 200 Å². The van der Waals surface area contributed by atoms with Gasteiger partial charge >= 0.3 is 0 Å². The van der Waals surface area contributed by atoms with Gasteiger partial charge in [0.1, 0.15) is 5.82 Å². The van der Waals surface area contributed by atoms with Crippen molar-refractivity contribution >= 4 is 23.5 Å². The van der Waals surface area contributed by atoms with Gasteiger partial charge in [0, 0.05) is 55.7 Å². The summed E-state index contributed by atoms with van der Waals surface area (Å²) in [5.74, 6) is 1.70. The van der Waals surface area contributed by atoms with E-state index in [1.807, 2.05) is 49.4 Å². The number of hydrogen-bond acceptors (Lipinski definition) is 6. The number of benzene rings is 2. The summed E-state index contributed by atoms with van der Waals surface area (Å²) >= 11 is 1.63. The number of carbonyl (C=O) groups excluding carboxylic acids is 1. The SMILES string of the molecule is CCNC(=O)c1ccc(CSc2nc(-c3ccccc3)cc(N3CCN(CC)CC3)n2)cc1. The number of nitrogens with one attached hydrogen (secondary N) is 1. The Balaban J connectivity index is 1.52. The second-order valence-electron chi connectivity index (χ2n) is 8.03. The third-order valence-electron chi connectivity index (χ3n) is 5.83. The maximum Gasteiger partial charge on any atom is 0.251 e. The highest BCUT2D eigenvalue weighted by atomic mass is 32.2. The summed E-state index contributed by atoms with van der Waals surface area (Å²) in [4.78, 5) is 26.6. The van der Waals surface area contributed by atoms with Crippen molar-refractivity contribution in [1.82, 2.24) is 20.2 Å². The monoisotopic (exact) mass is 461 g/mol. The van der Waals surface area contributed by atoms with Crippen LogP contribution in [-0.2, 0) is 5.75 Å².